The Balaban J connectivity index is 1.58. The van der Waals surface area contributed by atoms with Crippen molar-refractivity contribution < 1.29 is 9.53 Å². The number of anilines is 1. The number of nitrogens with zero attached hydrogens (tertiary/aromatic N) is 5. The van der Waals surface area contributed by atoms with Gasteiger partial charge in [0.2, 0.25) is 0 Å². The van der Waals surface area contributed by atoms with Crippen molar-refractivity contribution in [1.29, 1.82) is 5.26 Å². The first-order valence-corrected chi connectivity index (χ1v) is 8.14. The van der Waals surface area contributed by atoms with E-state index in [2.05, 4.69) is 20.9 Å². The predicted octanol–water partition coefficient (Wildman–Crippen LogP) is 1.46. The van der Waals surface area contributed by atoms with Crippen LogP contribution in [0.5, 0.6) is 5.75 Å². The topological polar surface area (TPSA) is 82.4 Å². The van der Waals surface area contributed by atoms with E-state index in [0.29, 0.717) is 37.5 Å². The van der Waals surface area contributed by atoms with E-state index in [9.17, 15) is 4.79 Å². The van der Waals surface area contributed by atoms with Crippen LogP contribution in [0.15, 0.2) is 42.9 Å². The van der Waals surface area contributed by atoms with Crippen LogP contribution in [0.2, 0.25) is 0 Å². The molecule has 3 rings (SSSR count). The van der Waals surface area contributed by atoms with E-state index in [0.717, 1.165) is 5.82 Å². The van der Waals surface area contributed by atoms with Crippen LogP contribution in [0.1, 0.15) is 12.5 Å². The fourth-order valence-electron chi connectivity index (χ4n) is 2.77. The number of piperazine rings is 1. The SMILES string of the molecule is CC(Oc1ccccc1C#N)C(=O)N1CCN(c2cnccn2)CC1. The Morgan fingerprint density at radius 2 is 2.00 bits per heavy atom. The van der Waals surface area contributed by atoms with Crippen LogP contribution in [0, 0.1) is 11.3 Å². The maximum absolute atomic E-state index is 12.6. The van der Waals surface area contributed by atoms with Gasteiger partial charge in [0.25, 0.3) is 5.91 Å². The van der Waals surface area contributed by atoms with Gasteiger partial charge in [0.1, 0.15) is 17.6 Å². The molecule has 1 aliphatic heterocycles. The Hall–Kier alpha value is -3.14. The first-order valence-electron chi connectivity index (χ1n) is 8.14. The fraction of sp³-hybridized carbons (Fsp3) is 0.333. The third kappa shape index (κ3) is 3.86. The molecule has 2 aromatic rings. The molecule has 128 valence electrons. The molecule has 7 heteroatoms. The predicted molar refractivity (Wildman–Crippen MR) is 92.1 cm³/mol. The fourth-order valence-corrected chi connectivity index (χ4v) is 2.77. The molecule has 1 aliphatic rings. The molecule has 2 heterocycles. The molecule has 1 atom stereocenters. The Morgan fingerprint density at radius 3 is 2.68 bits per heavy atom. The summed E-state index contributed by atoms with van der Waals surface area (Å²) in [6, 6.07) is 9.00. The van der Waals surface area contributed by atoms with Crippen molar-refractivity contribution in [2.24, 2.45) is 0 Å². The second kappa shape index (κ2) is 7.62. The maximum atomic E-state index is 12.6. The molecular formula is C18H19N5O2. The molecule has 0 spiro atoms. The highest BCUT2D eigenvalue weighted by Crippen LogP contribution is 2.19. The molecule has 1 fully saturated rings. The number of rotatable bonds is 4. The summed E-state index contributed by atoms with van der Waals surface area (Å²) < 4.78 is 5.71. The van der Waals surface area contributed by atoms with Gasteiger partial charge in [-0.15, -0.1) is 0 Å². The van der Waals surface area contributed by atoms with Crippen molar-refractivity contribution in [3.05, 3.63) is 48.4 Å². The number of carbonyl (C=O) groups is 1. The maximum Gasteiger partial charge on any atom is 0.263 e. The summed E-state index contributed by atoms with van der Waals surface area (Å²) in [4.78, 5) is 24.9. The molecule has 1 aromatic carbocycles. The van der Waals surface area contributed by atoms with Crippen LogP contribution in [0.3, 0.4) is 0 Å². The highest BCUT2D eigenvalue weighted by Gasteiger charge is 2.27. The Labute approximate surface area is 146 Å². The van der Waals surface area contributed by atoms with Crippen LogP contribution in [0.25, 0.3) is 0 Å². The lowest BCUT2D eigenvalue weighted by Crippen LogP contribution is -2.52. The molecule has 0 radical (unpaired) electrons. The third-order valence-electron chi connectivity index (χ3n) is 4.12. The van der Waals surface area contributed by atoms with Crippen molar-refractivity contribution in [3.8, 4) is 11.8 Å². The molecule has 0 saturated carbocycles. The molecule has 1 aromatic heterocycles. The number of hydrogen-bond donors (Lipinski definition) is 0. The smallest absolute Gasteiger partial charge is 0.263 e. The first kappa shape index (κ1) is 16.7. The molecular weight excluding hydrogens is 318 g/mol. The minimum absolute atomic E-state index is 0.0773. The monoisotopic (exact) mass is 337 g/mol. The molecule has 7 nitrogen and oxygen atoms in total. The van der Waals surface area contributed by atoms with Crippen LogP contribution in [-0.4, -0.2) is 53.1 Å². The minimum atomic E-state index is -0.641. The van der Waals surface area contributed by atoms with Crippen LogP contribution in [-0.2, 0) is 4.79 Å². The van der Waals surface area contributed by atoms with Gasteiger partial charge in [0, 0.05) is 38.6 Å². The molecule has 25 heavy (non-hydrogen) atoms. The number of carbonyl (C=O) groups excluding carboxylic acids is 1. The van der Waals surface area contributed by atoms with Gasteiger partial charge in [-0.1, -0.05) is 12.1 Å². The van der Waals surface area contributed by atoms with Gasteiger partial charge in [-0.05, 0) is 19.1 Å². The molecule has 1 saturated heterocycles. The van der Waals surface area contributed by atoms with Crippen LogP contribution in [0.4, 0.5) is 5.82 Å². The molecule has 1 unspecified atom stereocenters. The van der Waals surface area contributed by atoms with E-state index in [1.807, 2.05) is 0 Å². The van der Waals surface area contributed by atoms with Gasteiger partial charge < -0.3 is 14.5 Å². The number of aromatic nitrogens is 2. The normalized spacial score (nSPS) is 15.4. The number of benzene rings is 1. The zero-order chi connectivity index (χ0) is 17.6. The van der Waals surface area contributed by atoms with Crippen molar-refractivity contribution in [3.63, 3.8) is 0 Å². The standard InChI is InChI=1S/C18H19N5O2/c1-14(25-16-5-3-2-4-15(16)12-19)18(24)23-10-8-22(9-11-23)17-13-20-6-7-21-17/h2-7,13-14H,8-11H2,1H3. The van der Waals surface area contributed by atoms with E-state index in [-0.39, 0.29) is 5.91 Å². The van der Waals surface area contributed by atoms with Crippen LogP contribution >= 0.6 is 0 Å². The lowest BCUT2D eigenvalue weighted by Gasteiger charge is -2.36. The summed E-state index contributed by atoms with van der Waals surface area (Å²) in [6.45, 7) is 4.31. The van der Waals surface area contributed by atoms with Gasteiger partial charge in [0.05, 0.1) is 11.8 Å². The lowest BCUT2D eigenvalue weighted by molar-refractivity contribution is -0.138. The average Bonchev–Trinajstić information content (AvgIpc) is 2.68. The summed E-state index contributed by atoms with van der Waals surface area (Å²) in [5.41, 5.74) is 0.426. The van der Waals surface area contributed by atoms with E-state index in [4.69, 9.17) is 10.00 Å². The quantitative estimate of drug-likeness (QED) is 0.840. The van der Waals surface area contributed by atoms with Gasteiger partial charge >= 0.3 is 0 Å². The summed E-state index contributed by atoms with van der Waals surface area (Å²) >= 11 is 0. The van der Waals surface area contributed by atoms with E-state index < -0.39 is 6.10 Å². The zero-order valence-corrected chi connectivity index (χ0v) is 14.0. The summed E-state index contributed by atoms with van der Waals surface area (Å²) in [7, 11) is 0. The van der Waals surface area contributed by atoms with E-state index >= 15 is 0 Å². The Morgan fingerprint density at radius 1 is 1.24 bits per heavy atom. The van der Waals surface area contributed by atoms with Crippen molar-refractivity contribution in [2.45, 2.75) is 13.0 Å². The molecule has 0 N–H and O–H groups in total. The van der Waals surface area contributed by atoms with Crippen molar-refractivity contribution in [1.82, 2.24) is 14.9 Å². The largest absolute Gasteiger partial charge is 0.480 e. The molecule has 1 amide bonds. The second-order valence-electron chi connectivity index (χ2n) is 5.74. The number of ether oxygens (including phenoxy) is 1. The highest BCUT2D eigenvalue weighted by molar-refractivity contribution is 5.81. The molecule has 0 aliphatic carbocycles. The number of nitriles is 1. The summed E-state index contributed by atoms with van der Waals surface area (Å²) in [5.74, 6) is 1.18. The molecule has 0 bridgehead atoms. The summed E-state index contributed by atoms with van der Waals surface area (Å²) in [5, 5.41) is 9.11. The van der Waals surface area contributed by atoms with E-state index in [1.165, 1.54) is 0 Å². The third-order valence-corrected chi connectivity index (χ3v) is 4.12. The Kier molecular flexibility index (Phi) is 5.09. The summed E-state index contributed by atoms with van der Waals surface area (Å²) in [6.07, 6.45) is 4.39. The second-order valence-corrected chi connectivity index (χ2v) is 5.74. The number of amides is 1. The van der Waals surface area contributed by atoms with Crippen molar-refractivity contribution in [2.75, 3.05) is 31.1 Å². The van der Waals surface area contributed by atoms with Gasteiger partial charge in [0.15, 0.2) is 6.10 Å². The van der Waals surface area contributed by atoms with Gasteiger partial charge in [-0.3, -0.25) is 9.78 Å². The lowest BCUT2D eigenvalue weighted by atomic mass is 10.2. The first-order chi connectivity index (χ1) is 12.2. The number of para-hydroxylation sites is 1. The Bertz CT molecular complexity index is 767. The van der Waals surface area contributed by atoms with E-state index in [1.54, 1.807) is 54.7 Å². The van der Waals surface area contributed by atoms with Crippen molar-refractivity contribution >= 4 is 11.7 Å². The van der Waals surface area contributed by atoms with Gasteiger partial charge in [-0.25, -0.2) is 4.98 Å². The average molecular weight is 337 g/mol. The minimum Gasteiger partial charge on any atom is -0.480 e. The van der Waals surface area contributed by atoms with Crippen LogP contribution < -0.4 is 9.64 Å². The van der Waals surface area contributed by atoms with Gasteiger partial charge in [-0.2, -0.15) is 5.26 Å². The highest BCUT2D eigenvalue weighted by atomic mass is 16.5. The number of hydrogen-bond acceptors (Lipinski definition) is 6. The zero-order valence-electron chi connectivity index (χ0n) is 14.0.